The van der Waals surface area contributed by atoms with Crippen molar-refractivity contribution >= 4 is 11.8 Å². The van der Waals surface area contributed by atoms with Crippen LogP contribution in [-0.2, 0) is 7.05 Å². The van der Waals surface area contributed by atoms with Crippen LogP contribution in [0.25, 0.3) is 16.7 Å². The average molecular weight is 403 g/mol. The van der Waals surface area contributed by atoms with Crippen LogP contribution >= 0.6 is 0 Å². The largest absolute Gasteiger partial charge is 0.318 e. The van der Waals surface area contributed by atoms with Crippen LogP contribution in [0.1, 0.15) is 31.0 Å². The highest BCUT2D eigenvalue weighted by Crippen LogP contribution is 2.29. The van der Waals surface area contributed by atoms with Crippen LogP contribution < -0.4 is 11.0 Å². The van der Waals surface area contributed by atoms with Gasteiger partial charge < -0.3 is 4.57 Å². The van der Waals surface area contributed by atoms with E-state index in [-0.39, 0.29) is 11.6 Å². The van der Waals surface area contributed by atoms with Gasteiger partial charge in [0.15, 0.2) is 0 Å². The zero-order valence-corrected chi connectivity index (χ0v) is 17.5. The summed E-state index contributed by atoms with van der Waals surface area (Å²) in [7, 11) is 1.76. The third-order valence-electron chi connectivity index (χ3n) is 5.25. The molecule has 0 saturated carbocycles. The zero-order chi connectivity index (χ0) is 21.1. The van der Waals surface area contributed by atoms with Gasteiger partial charge in [-0.25, -0.2) is 5.43 Å². The Morgan fingerprint density at radius 1 is 1.17 bits per heavy atom. The van der Waals surface area contributed by atoms with Crippen molar-refractivity contribution in [1.82, 2.24) is 24.8 Å². The lowest BCUT2D eigenvalue weighted by Crippen LogP contribution is -2.35. The minimum Gasteiger partial charge on any atom is -0.318 e. The van der Waals surface area contributed by atoms with Crippen molar-refractivity contribution in [3.8, 4) is 11.1 Å². The SMILES string of the molecule is CCNN1C=C(c2cc(=O)n(C)cc2-c2cnn(C(C)c3ccccc3)c2)C=NC1. The lowest BCUT2D eigenvalue weighted by atomic mass is 9.99. The van der Waals surface area contributed by atoms with E-state index in [9.17, 15) is 4.79 Å². The predicted molar refractivity (Wildman–Crippen MR) is 120 cm³/mol. The van der Waals surface area contributed by atoms with Crippen molar-refractivity contribution in [2.24, 2.45) is 12.0 Å². The third kappa shape index (κ3) is 3.97. The van der Waals surface area contributed by atoms with Crippen LogP contribution in [0.4, 0.5) is 0 Å². The van der Waals surface area contributed by atoms with Crippen LogP contribution in [-0.4, -0.2) is 38.8 Å². The van der Waals surface area contributed by atoms with Crippen molar-refractivity contribution in [2.45, 2.75) is 19.9 Å². The molecule has 1 unspecified atom stereocenters. The Bertz CT molecular complexity index is 1140. The number of benzene rings is 1. The molecule has 3 aromatic rings. The number of aryl methyl sites for hydroxylation is 1. The third-order valence-corrected chi connectivity index (χ3v) is 5.25. The molecule has 0 amide bonds. The first-order valence-electron chi connectivity index (χ1n) is 10.1. The first kappa shape index (κ1) is 19.8. The molecule has 1 aromatic carbocycles. The summed E-state index contributed by atoms with van der Waals surface area (Å²) in [6.07, 6.45) is 9.57. The second-order valence-electron chi connectivity index (χ2n) is 7.36. The van der Waals surface area contributed by atoms with Gasteiger partial charge in [-0.15, -0.1) is 0 Å². The van der Waals surface area contributed by atoms with Crippen molar-refractivity contribution in [3.63, 3.8) is 0 Å². The monoisotopic (exact) mass is 402 g/mol. The van der Waals surface area contributed by atoms with E-state index in [1.165, 1.54) is 5.56 Å². The molecule has 1 aliphatic heterocycles. The highest BCUT2D eigenvalue weighted by Gasteiger charge is 2.17. The molecular weight excluding hydrogens is 376 g/mol. The Morgan fingerprint density at radius 2 is 1.97 bits per heavy atom. The molecule has 0 spiro atoms. The summed E-state index contributed by atoms with van der Waals surface area (Å²) >= 11 is 0. The highest BCUT2D eigenvalue weighted by atomic mass is 16.1. The van der Waals surface area contributed by atoms with Gasteiger partial charge in [0.05, 0.1) is 12.2 Å². The van der Waals surface area contributed by atoms with Gasteiger partial charge in [-0.1, -0.05) is 37.3 Å². The van der Waals surface area contributed by atoms with Crippen molar-refractivity contribution < 1.29 is 0 Å². The quantitative estimate of drug-likeness (QED) is 0.688. The smallest absolute Gasteiger partial charge is 0.250 e. The Balaban J connectivity index is 1.75. The highest BCUT2D eigenvalue weighted by molar-refractivity contribution is 6.12. The van der Waals surface area contributed by atoms with E-state index in [2.05, 4.69) is 34.6 Å². The maximum atomic E-state index is 12.4. The molecule has 0 radical (unpaired) electrons. The van der Waals surface area contributed by atoms with Crippen LogP contribution in [0.15, 0.2) is 71.0 Å². The van der Waals surface area contributed by atoms with Gasteiger partial charge in [0.25, 0.3) is 5.56 Å². The van der Waals surface area contributed by atoms with Gasteiger partial charge in [-0.05, 0) is 18.1 Å². The molecule has 0 fully saturated rings. The van der Waals surface area contributed by atoms with E-state index in [0.29, 0.717) is 6.67 Å². The van der Waals surface area contributed by atoms with Gasteiger partial charge in [-0.2, -0.15) is 5.10 Å². The van der Waals surface area contributed by atoms with Crippen LogP contribution in [0.3, 0.4) is 0 Å². The molecule has 2 aromatic heterocycles. The molecule has 3 heterocycles. The Labute approximate surface area is 176 Å². The number of nitrogens with zero attached hydrogens (tertiary/aromatic N) is 5. The summed E-state index contributed by atoms with van der Waals surface area (Å²) in [5.74, 6) is 0. The molecule has 7 nitrogen and oxygen atoms in total. The fourth-order valence-corrected chi connectivity index (χ4v) is 3.58. The fraction of sp³-hybridized carbons (Fsp3) is 0.261. The lowest BCUT2D eigenvalue weighted by Gasteiger charge is -2.23. The summed E-state index contributed by atoms with van der Waals surface area (Å²) in [6.45, 7) is 5.51. The Morgan fingerprint density at radius 3 is 2.73 bits per heavy atom. The molecule has 30 heavy (non-hydrogen) atoms. The standard InChI is InChI=1S/C23H26N6O/c1-4-25-28-13-19(11-24-16-28)21-10-23(30)27(3)15-22(21)20-12-26-29(14-20)17(2)18-8-6-5-7-9-18/h5-15,17,25H,4,16H2,1-3H3. The summed E-state index contributed by atoms with van der Waals surface area (Å²) in [5, 5.41) is 6.53. The van der Waals surface area contributed by atoms with E-state index in [4.69, 9.17) is 0 Å². The average Bonchev–Trinajstić information content (AvgIpc) is 3.26. The first-order valence-corrected chi connectivity index (χ1v) is 10.1. The Hall–Kier alpha value is -3.45. The van der Waals surface area contributed by atoms with Crippen molar-refractivity contribution in [2.75, 3.05) is 13.2 Å². The maximum Gasteiger partial charge on any atom is 0.250 e. The molecule has 4 rings (SSSR count). The van der Waals surface area contributed by atoms with Crippen molar-refractivity contribution in [1.29, 1.82) is 0 Å². The van der Waals surface area contributed by atoms with E-state index >= 15 is 0 Å². The molecule has 0 saturated heterocycles. The van der Waals surface area contributed by atoms with Crippen LogP contribution in [0, 0.1) is 0 Å². The number of aromatic nitrogens is 3. The number of nitrogens with one attached hydrogen (secondary N) is 1. The number of aliphatic imine (C=N–C) groups is 1. The number of pyridine rings is 1. The molecule has 7 heteroatoms. The molecule has 0 aliphatic carbocycles. The normalized spacial score (nSPS) is 14.6. The number of hydrazine groups is 1. The first-order chi connectivity index (χ1) is 14.6. The number of hydrogen-bond acceptors (Lipinski definition) is 5. The van der Waals surface area contributed by atoms with Crippen molar-refractivity contribution in [3.05, 3.63) is 82.7 Å². The Kier molecular flexibility index (Phi) is 5.63. The topological polar surface area (TPSA) is 67.5 Å². The second kappa shape index (κ2) is 8.51. The van der Waals surface area contributed by atoms with Gasteiger partial charge in [0, 0.05) is 61.2 Å². The van der Waals surface area contributed by atoms with E-state index in [1.54, 1.807) is 17.7 Å². The molecule has 1 N–H and O–H groups in total. The number of allylic oxidation sites excluding steroid dienone is 1. The van der Waals surface area contributed by atoms with E-state index in [0.717, 1.165) is 28.8 Å². The predicted octanol–water partition coefficient (Wildman–Crippen LogP) is 3.07. The number of hydrogen-bond donors (Lipinski definition) is 1. The summed E-state index contributed by atoms with van der Waals surface area (Å²) in [4.78, 5) is 16.8. The van der Waals surface area contributed by atoms with E-state index in [1.807, 2.05) is 65.8 Å². The van der Waals surface area contributed by atoms with Crippen LogP contribution in [0.5, 0.6) is 0 Å². The van der Waals surface area contributed by atoms with Gasteiger partial charge in [0.1, 0.15) is 6.67 Å². The number of rotatable bonds is 6. The lowest BCUT2D eigenvalue weighted by molar-refractivity contribution is 0.286. The molecule has 1 atom stereocenters. The maximum absolute atomic E-state index is 12.4. The van der Waals surface area contributed by atoms with Gasteiger partial charge in [-0.3, -0.25) is 19.5 Å². The summed E-state index contributed by atoms with van der Waals surface area (Å²) in [5.41, 5.74) is 8.01. The molecule has 0 bridgehead atoms. The fourth-order valence-electron chi connectivity index (χ4n) is 3.58. The second-order valence-corrected chi connectivity index (χ2v) is 7.36. The van der Waals surface area contributed by atoms with E-state index < -0.39 is 0 Å². The zero-order valence-electron chi connectivity index (χ0n) is 17.5. The molecule has 154 valence electrons. The summed E-state index contributed by atoms with van der Waals surface area (Å²) < 4.78 is 3.55. The summed E-state index contributed by atoms with van der Waals surface area (Å²) in [6, 6.07) is 12.1. The minimum absolute atomic E-state index is 0.0614. The minimum atomic E-state index is -0.0614. The molecule has 1 aliphatic rings. The van der Waals surface area contributed by atoms with Gasteiger partial charge in [0.2, 0.25) is 0 Å². The van der Waals surface area contributed by atoms with Crippen LogP contribution in [0.2, 0.25) is 0 Å². The van der Waals surface area contributed by atoms with Gasteiger partial charge >= 0.3 is 0 Å². The molecular formula is C23H26N6O.